The molecule has 0 amide bonds. The zero-order chi connectivity index (χ0) is 5.70. The third-order valence-corrected chi connectivity index (χ3v) is 0.869. The lowest BCUT2D eigenvalue weighted by Gasteiger charge is -2.00. The highest BCUT2D eigenvalue weighted by molar-refractivity contribution is 5.85. The smallest absolute Gasteiger partial charge is 0.112 e. The van der Waals surface area contributed by atoms with E-state index in [4.69, 9.17) is 0 Å². The summed E-state index contributed by atoms with van der Waals surface area (Å²) in [5.74, 6) is 0. The van der Waals surface area contributed by atoms with Crippen LogP contribution in [0.5, 0.6) is 0 Å². The molecule has 0 aliphatic rings. The molecular formula is C5H13ClFN. The van der Waals surface area contributed by atoms with Crippen molar-refractivity contribution in [1.29, 1.82) is 0 Å². The summed E-state index contributed by atoms with van der Waals surface area (Å²) in [7, 11) is 1.75. The lowest BCUT2D eigenvalue weighted by atomic mass is 10.3. The molecule has 1 nitrogen and oxygen atoms in total. The van der Waals surface area contributed by atoms with E-state index in [9.17, 15) is 4.39 Å². The third-order valence-electron chi connectivity index (χ3n) is 0.869. The predicted molar refractivity (Wildman–Crippen MR) is 36.4 cm³/mol. The fraction of sp³-hybridized carbons (Fsp3) is 1.00. The van der Waals surface area contributed by atoms with E-state index in [0.29, 0.717) is 13.0 Å². The molecule has 0 aromatic heterocycles. The molecule has 0 aromatic rings. The third kappa shape index (κ3) is 6.18. The molecule has 0 aliphatic carbocycles. The average molecular weight is 142 g/mol. The van der Waals surface area contributed by atoms with Gasteiger partial charge < -0.3 is 5.32 Å². The molecule has 1 atom stereocenters. The minimum Gasteiger partial charge on any atom is -0.317 e. The van der Waals surface area contributed by atoms with Crippen LogP contribution in [0, 0.1) is 0 Å². The number of alkyl halides is 1. The van der Waals surface area contributed by atoms with Crippen molar-refractivity contribution in [2.75, 3.05) is 13.6 Å². The molecule has 0 radical (unpaired) electrons. The Morgan fingerprint density at radius 1 is 1.62 bits per heavy atom. The first kappa shape index (κ1) is 11.0. The van der Waals surface area contributed by atoms with Gasteiger partial charge in [-0.25, -0.2) is 4.39 Å². The first-order chi connectivity index (χ1) is 3.31. The first-order valence-corrected chi connectivity index (χ1v) is 2.60. The van der Waals surface area contributed by atoms with Gasteiger partial charge in [0.15, 0.2) is 0 Å². The lowest BCUT2D eigenvalue weighted by Crippen LogP contribution is -2.18. The van der Waals surface area contributed by atoms with E-state index in [-0.39, 0.29) is 12.4 Å². The largest absolute Gasteiger partial charge is 0.317 e. The maximum Gasteiger partial charge on any atom is 0.112 e. The average Bonchev–Trinajstić information content (AvgIpc) is 1.68. The van der Waals surface area contributed by atoms with Crippen LogP contribution in [-0.4, -0.2) is 19.8 Å². The molecule has 0 heterocycles. The van der Waals surface area contributed by atoms with Crippen LogP contribution in [0.25, 0.3) is 0 Å². The number of hydrogen-bond donors (Lipinski definition) is 1. The van der Waals surface area contributed by atoms with Gasteiger partial charge in [-0.1, -0.05) is 6.92 Å². The topological polar surface area (TPSA) is 12.0 Å². The van der Waals surface area contributed by atoms with Crippen LogP contribution in [0.4, 0.5) is 4.39 Å². The molecule has 1 unspecified atom stereocenters. The molecule has 0 saturated carbocycles. The Morgan fingerprint density at radius 2 is 2.12 bits per heavy atom. The summed E-state index contributed by atoms with van der Waals surface area (Å²) in [6.45, 7) is 2.32. The maximum atomic E-state index is 12.1. The van der Waals surface area contributed by atoms with Crippen molar-refractivity contribution >= 4 is 12.4 Å². The van der Waals surface area contributed by atoms with E-state index in [2.05, 4.69) is 5.32 Å². The van der Waals surface area contributed by atoms with E-state index in [1.54, 1.807) is 7.05 Å². The van der Waals surface area contributed by atoms with Gasteiger partial charge >= 0.3 is 0 Å². The van der Waals surface area contributed by atoms with Crippen molar-refractivity contribution in [1.82, 2.24) is 5.32 Å². The second-order valence-electron chi connectivity index (χ2n) is 1.56. The Kier molecular flexibility index (Phi) is 9.91. The van der Waals surface area contributed by atoms with Gasteiger partial charge in [-0.2, -0.15) is 0 Å². The van der Waals surface area contributed by atoms with Crippen molar-refractivity contribution in [3.8, 4) is 0 Å². The minimum atomic E-state index is -0.662. The van der Waals surface area contributed by atoms with Crippen LogP contribution in [0.3, 0.4) is 0 Å². The van der Waals surface area contributed by atoms with E-state index in [1.807, 2.05) is 6.92 Å². The molecule has 0 saturated heterocycles. The van der Waals surface area contributed by atoms with Gasteiger partial charge in [0.25, 0.3) is 0 Å². The van der Waals surface area contributed by atoms with Crippen LogP contribution in [0.15, 0.2) is 0 Å². The molecule has 0 bridgehead atoms. The lowest BCUT2D eigenvalue weighted by molar-refractivity contribution is 0.317. The molecule has 0 fully saturated rings. The first-order valence-electron chi connectivity index (χ1n) is 2.60. The van der Waals surface area contributed by atoms with Crippen molar-refractivity contribution in [2.24, 2.45) is 0 Å². The van der Waals surface area contributed by atoms with Crippen LogP contribution < -0.4 is 5.32 Å². The van der Waals surface area contributed by atoms with Crippen LogP contribution in [0.1, 0.15) is 13.3 Å². The summed E-state index contributed by atoms with van der Waals surface area (Å²) in [5, 5.41) is 2.74. The van der Waals surface area contributed by atoms with Crippen molar-refractivity contribution in [2.45, 2.75) is 19.5 Å². The van der Waals surface area contributed by atoms with Crippen molar-refractivity contribution < 1.29 is 4.39 Å². The number of hydrogen-bond acceptors (Lipinski definition) is 1. The Labute approximate surface area is 56.1 Å². The van der Waals surface area contributed by atoms with Gasteiger partial charge in [0, 0.05) is 6.54 Å². The Morgan fingerprint density at radius 3 is 2.25 bits per heavy atom. The Balaban J connectivity index is 0. The van der Waals surface area contributed by atoms with E-state index in [0.717, 1.165) is 0 Å². The Bertz CT molecular complexity index is 43.4. The van der Waals surface area contributed by atoms with Gasteiger partial charge in [-0.05, 0) is 13.5 Å². The quantitative estimate of drug-likeness (QED) is 0.626. The molecular weight excluding hydrogens is 129 g/mol. The number of halogens is 2. The molecule has 0 spiro atoms. The summed E-state index contributed by atoms with van der Waals surface area (Å²) in [6.07, 6.45) is -0.0501. The maximum absolute atomic E-state index is 12.1. The van der Waals surface area contributed by atoms with Crippen LogP contribution in [0.2, 0.25) is 0 Å². The second kappa shape index (κ2) is 7.18. The van der Waals surface area contributed by atoms with Gasteiger partial charge in [0.2, 0.25) is 0 Å². The van der Waals surface area contributed by atoms with Gasteiger partial charge in [0.05, 0.1) is 0 Å². The van der Waals surface area contributed by atoms with Crippen molar-refractivity contribution in [3.05, 3.63) is 0 Å². The SMILES string of the molecule is CCC(F)CNC.Cl. The zero-order valence-electron chi connectivity index (χ0n) is 5.28. The number of nitrogens with one attached hydrogen (secondary N) is 1. The molecule has 52 valence electrons. The van der Waals surface area contributed by atoms with E-state index >= 15 is 0 Å². The number of rotatable bonds is 3. The normalized spacial score (nSPS) is 12.4. The minimum absolute atomic E-state index is 0. The standard InChI is InChI=1S/C5H12FN.ClH/c1-3-5(6)4-7-2;/h5,7H,3-4H2,1-2H3;1H. The summed E-state index contributed by atoms with van der Waals surface area (Å²) in [5.41, 5.74) is 0. The fourth-order valence-corrected chi connectivity index (χ4v) is 0.366. The molecule has 8 heavy (non-hydrogen) atoms. The van der Waals surface area contributed by atoms with Crippen molar-refractivity contribution in [3.63, 3.8) is 0 Å². The summed E-state index contributed by atoms with van der Waals surface area (Å²) >= 11 is 0. The molecule has 0 aliphatic heterocycles. The predicted octanol–water partition coefficient (Wildman–Crippen LogP) is 1.38. The Hall–Kier alpha value is 0.180. The summed E-state index contributed by atoms with van der Waals surface area (Å²) in [4.78, 5) is 0. The van der Waals surface area contributed by atoms with Crippen LogP contribution >= 0.6 is 12.4 Å². The fourth-order valence-electron chi connectivity index (χ4n) is 0.366. The van der Waals surface area contributed by atoms with Gasteiger partial charge in [0.1, 0.15) is 6.17 Å². The second-order valence-corrected chi connectivity index (χ2v) is 1.56. The highest BCUT2D eigenvalue weighted by Crippen LogP contribution is 1.91. The van der Waals surface area contributed by atoms with Crippen LogP contribution in [-0.2, 0) is 0 Å². The summed E-state index contributed by atoms with van der Waals surface area (Å²) in [6, 6.07) is 0. The van der Waals surface area contributed by atoms with Gasteiger partial charge in [-0.15, -0.1) is 12.4 Å². The van der Waals surface area contributed by atoms with E-state index in [1.165, 1.54) is 0 Å². The monoisotopic (exact) mass is 141 g/mol. The highest BCUT2D eigenvalue weighted by atomic mass is 35.5. The van der Waals surface area contributed by atoms with E-state index < -0.39 is 6.17 Å². The molecule has 1 N–H and O–H groups in total. The van der Waals surface area contributed by atoms with Gasteiger partial charge in [-0.3, -0.25) is 0 Å². The molecule has 0 aromatic carbocycles. The zero-order valence-corrected chi connectivity index (χ0v) is 6.09. The summed E-state index contributed by atoms with van der Waals surface area (Å²) < 4.78 is 12.1. The highest BCUT2D eigenvalue weighted by Gasteiger charge is 1.97. The molecule has 0 rings (SSSR count). The molecule has 3 heteroatoms.